The van der Waals surface area contributed by atoms with E-state index in [9.17, 15) is 4.79 Å². The van der Waals surface area contributed by atoms with E-state index in [1.165, 1.54) is 0 Å². The van der Waals surface area contributed by atoms with Gasteiger partial charge in [-0.15, -0.1) is 0 Å². The summed E-state index contributed by atoms with van der Waals surface area (Å²) in [6.07, 6.45) is 0. The highest BCUT2D eigenvalue weighted by atomic mass is 16.2. The molecule has 100 valence electrons. The van der Waals surface area contributed by atoms with Crippen molar-refractivity contribution in [3.63, 3.8) is 0 Å². The monoisotopic (exact) mass is 258 g/mol. The number of aromatic nitrogens is 2. The van der Waals surface area contributed by atoms with Crippen LogP contribution in [0, 0.1) is 13.8 Å². The molecular weight excluding hydrogens is 240 g/mol. The van der Waals surface area contributed by atoms with E-state index in [-0.39, 0.29) is 5.91 Å². The third-order valence-corrected chi connectivity index (χ3v) is 2.89. The Hall–Kier alpha value is -2.30. The van der Waals surface area contributed by atoms with Crippen LogP contribution in [0.2, 0.25) is 0 Å². The number of rotatable bonds is 3. The molecule has 1 heterocycles. The van der Waals surface area contributed by atoms with Gasteiger partial charge in [0.15, 0.2) is 0 Å². The predicted molar refractivity (Wildman–Crippen MR) is 76.2 cm³/mol. The van der Waals surface area contributed by atoms with Crippen LogP contribution < -0.4 is 11.1 Å². The largest absolute Gasteiger partial charge is 0.397 e. The highest BCUT2D eigenvalue weighted by Crippen LogP contribution is 2.20. The van der Waals surface area contributed by atoms with Crippen LogP contribution in [0.1, 0.15) is 28.7 Å². The molecule has 0 atom stereocenters. The lowest BCUT2D eigenvalue weighted by molar-refractivity contribution is 0.101. The van der Waals surface area contributed by atoms with Gasteiger partial charge < -0.3 is 11.1 Å². The maximum atomic E-state index is 12.2. The Bertz CT molecular complexity index is 616. The predicted octanol–water partition coefficient (Wildman–Crippen LogP) is 2.35. The molecule has 0 saturated heterocycles. The van der Waals surface area contributed by atoms with Gasteiger partial charge >= 0.3 is 0 Å². The summed E-state index contributed by atoms with van der Waals surface area (Å²) in [5.41, 5.74) is 9.45. The number of hydrogen-bond donors (Lipinski definition) is 2. The van der Waals surface area contributed by atoms with Gasteiger partial charge in [-0.05, 0) is 44.5 Å². The lowest BCUT2D eigenvalue weighted by Crippen LogP contribution is -2.18. The average Bonchev–Trinajstić information content (AvgIpc) is 2.75. The number of carbonyl (C=O) groups is 1. The summed E-state index contributed by atoms with van der Waals surface area (Å²) in [5, 5.41) is 7.09. The van der Waals surface area contributed by atoms with E-state index >= 15 is 0 Å². The van der Waals surface area contributed by atoms with Crippen molar-refractivity contribution < 1.29 is 4.79 Å². The van der Waals surface area contributed by atoms with E-state index in [1.807, 2.05) is 32.9 Å². The van der Waals surface area contributed by atoms with Crippen molar-refractivity contribution in [2.75, 3.05) is 11.1 Å². The molecule has 0 radical (unpaired) electrons. The zero-order chi connectivity index (χ0) is 14.0. The highest BCUT2D eigenvalue weighted by Gasteiger charge is 2.14. The zero-order valence-corrected chi connectivity index (χ0v) is 11.4. The summed E-state index contributed by atoms with van der Waals surface area (Å²) < 4.78 is 1.68. The number of nitrogens with zero attached hydrogens (tertiary/aromatic N) is 2. The fourth-order valence-electron chi connectivity index (χ4n) is 1.93. The van der Waals surface area contributed by atoms with E-state index in [0.717, 1.165) is 11.3 Å². The molecule has 0 bridgehead atoms. The number of nitrogen functional groups attached to an aromatic ring is 1. The van der Waals surface area contributed by atoms with Gasteiger partial charge in [0, 0.05) is 6.54 Å². The molecule has 1 aromatic carbocycles. The maximum Gasteiger partial charge on any atom is 0.273 e. The summed E-state index contributed by atoms with van der Waals surface area (Å²) in [5.74, 6) is -0.195. The fourth-order valence-corrected chi connectivity index (χ4v) is 1.93. The second-order valence-electron chi connectivity index (χ2n) is 4.53. The Morgan fingerprint density at radius 1 is 1.37 bits per heavy atom. The van der Waals surface area contributed by atoms with Crippen LogP contribution in [0.15, 0.2) is 24.3 Å². The number of carbonyl (C=O) groups excluding carboxylic acids is 1. The summed E-state index contributed by atoms with van der Waals surface area (Å²) in [7, 11) is 0. The van der Waals surface area contributed by atoms with Crippen LogP contribution in [-0.4, -0.2) is 15.7 Å². The quantitative estimate of drug-likeness (QED) is 0.830. The molecule has 2 aromatic rings. The minimum absolute atomic E-state index is 0.195. The zero-order valence-electron chi connectivity index (χ0n) is 11.4. The summed E-state index contributed by atoms with van der Waals surface area (Å²) in [4.78, 5) is 12.2. The lowest BCUT2D eigenvalue weighted by atomic mass is 10.2. The molecule has 1 amide bonds. The molecule has 0 saturated carbocycles. The van der Waals surface area contributed by atoms with Crippen LogP contribution in [0.5, 0.6) is 0 Å². The molecule has 2 rings (SSSR count). The molecule has 0 aliphatic carbocycles. The van der Waals surface area contributed by atoms with Gasteiger partial charge in [-0.1, -0.05) is 6.07 Å². The topological polar surface area (TPSA) is 72.9 Å². The number of aryl methyl sites for hydroxylation is 3. The normalized spacial score (nSPS) is 10.5. The first-order valence-corrected chi connectivity index (χ1v) is 6.23. The molecule has 3 N–H and O–H groups in total. The molecule has 19 heavy (non-hydrogen) atoms. The van der Waals surface area contributed by atoms with Gasteiger partial charge in [-0.3, -0.25) is 9.48 Å². The van der Waals surface area contributed by atoms with Crippen molar-refractivity contribution in [2.45, 2.75) is 27.3 Å². The van der Waals surface area contributed by atoms with Crippen molar-refractivity contribution in [3.05, 3.63) is 41.2 Å². The standard InChI is InChI=1S/C14H18N4O/c1-4-18-13(8-10(3)17-18)14(19)16-12-7-9(2)5-6-11(12)15/h5-8H,4,15H2,1-3H3,(H,16,19). The van der Waals surface area contributed by atoms with Crippen molar-refractivity contribution in [3.8, 4) is 0 Å². The van der Waals surface area contributed by atoms with Crippen LogP contribution in [0.4, 0.5) is 11.4 Å². The SMILES string of the molecule is CCn1nc(C)cc1C(=O)Nc1cc(C)ccc1N. The average molecular weight is 258 g/mol. The summed E-state index contributed by atoms with van der Waals surface area (Å²) in [6.45, 7) is 6.42. The van der Waals surface area contributed by atoms with Gasteiger partial charge in [0.2, 0.25) is 0 Å². The second-order valence-corrected chi connectivity index (χ2v) is 4.53. The lowest BCUT2D eigenvalue weighted by Gasteiger charge is -2.09. The molecule has 0 aliphatic heterocycles. The highest BCUT2D eigenvalue weighted by molar-refractivity contribution is 6.04. The number of nitrogens with two attached hydrogens (primary N) is 1. The van der Waals surface area contributed by atoms with Crippen LogP contribution in [0.3, 0.4) is 0 Å². The Morgan fingerprint density at radius 2 is 2.11 bits per heavy atom. The number of nitrogens with one attached hydrogen (secondary N) is 1. The minimum Gasteiger partial charge on any atom is -0.397 e. The van der Waals surface area contributed by atoms with E-state index in [1.54, 1.807) is 16.8 Å². The minimum atomic E-state index is -0.195. The Labute approximate surface area is 112 Å². The van der Waals surface area contributed by atoms with Crippen molar-refractivity contribution >= 4 is 17.3 Å². The molecule has 0 spiro atoms. The van der Waals surface area contributed by atoms with Crippen LogP contribution in [-0.2, 0) is 6.54 Å². The fraction of sp³-hybridized carbons (Fsp3) is 0.286. The van der Waals surface area contributed by atoms with Crippen molar-refractivity contribution in [2.24, 2.45) is 0 Å². The number of anilines is 2. The maximum absolute atomic E-state index is 12.2. The Morgan fingerprint density at radius 3 is 2.79 bits per heavy atom. The summed E-state index contributed by atoms with van der Waals surface area (Å²) >= 11 is 0. The Kier molecular flexibility index (Phi) is 3.55. The number of hydrogen-bond acceptors (Lipinski definition) is 3. The van der Waals surface area contributed by atoms with Gasteiger partial charge in [-0.25, -0.2) is 0 Å². The van der Waals surface area contributed by atoms with Crippen molar-refractivity contribution in [1.29, 1.82) is 0 Å². The molecule has 0 unspecified atom stereocenters. The number of amides is 1. The van der Waals surface area contributed by atoms with Gasteiger partial charge in [-0.2, -0.15) is 5.10 Å². The first kappa shape index (κ1) is 13.1. The molecule has 1 aromatic heterocycles. The van der Waals surface area contributed by atoms with E-state index in [0.29, 0.717) is 23.6 Å². The van der Waals surface area contributed by atoms with Gasteiger partial charge in [0.1, 0.15) is 5.69 Å². The first-order chi connectivity index (χ1) is 9.01. The number of benzene rings is 1. The first-order valence-electron chi connectivity index (χ1n) is 6.23. The van der Waals surface area contributed by atoms with E-state index in [4.69, 9.17) is 5.73 Å². The smallest absolute Gasteiger partial charge is 0.273 e. The second kappa shape index (κ2) is 5.14. The van der Waals surface area contributed by atoms with E-state index in [2.05, 4.69) is 10.4 Å². The third-order valence-electron chi connectivity index (χ3n) is 2.89. The third kappa shape index (κ3) is 2.76. The van der Waals surface area contributed by atoms with Gasteiger partial charge in [0.05, 0.1) is 17.1 Å². The molecule has 5 nitrogen and oxygen atoms in total. The molecule has 5 heteroatoms. The van der Waals surface area contributed by atoms with Crippen molar-refractivity contribution in [1.82, 2.24) is 9.78 Å². The Balaban J connectivity index is 2.27. The summed E-state index contributed by atoms with van der Waals surface area (Å²) in [6, 6.07) is 7.32. The van der Waals surface area contributed by atoms with E-state index < -0.39 is 0 Å². The molecule has 0 aliphatic rings. The van der Waals surface area contributed by atoms with Crippen LogP contribution in [0.25, 0.3) is 0 Å². The molecular formula is C14H18N4O. The van der Waals surface area contributed by atoms with Gasteiger partial charge in [0.25, 0.3) is 5.91 Å². The van der Waals surface area contributed by atoms with Crippen LogP contribution >= 0.6 is 0 Å². The molecule has 0 fully saturated rings.